The van der Waals surface area contributed by atoms with Crippen LogP contribution in [0.2, 0.25) is 0 Å². The molecule has 1 unspecified atom stereocenters. The molecule has 0 bridgehead atoms. The highest BCUT2D eigenvalue weighted by Crippen LogP contribution is 2.31. The average Bonchev–Trinajstić information content (AvgIpc) is 3.16. The standard InChI is InChI=1S/C23H35N5OS.4ClH/c1-3-10-27(18-8-9-19-22(17-18)30-23(24)25-19)14-11-26-12-15-28(16-13-26)20-6-4-5-7-21(20)29-2;;;;/h4-7,18H,3,8-17H2,1-2H3,(H2,24,25);4*1H. The van der Waals surface area contributed by atoms with E-state index in [9.17, 15) is 0 Å². The van der Waals surface area contributed by atoms with E-state index in [0.29, 0.717) is 6.04 Å². The van der Waals surface area contributed by atoms with Crippen LogP contribution in [-0.4, -0.2) is 73.7 Å². The summed E-state index contributed by atoms with van der Waals surface area (Å²) in [6.07, 6.45) is 4.60. The number of piperazine rings is 1. The fraction of sp³-hybridized carbons (Fsp3) is 0.609. The molecule has 6 nitrogen and oxygen atoms in total. The molecular weight excluding hydrogens is 536 g/mol. The van der Waals surface area contributed by atoms with E-state index in [1.54, 1.807) is 18.4 Å². The Morgan fingerprint density at radius 1 is 1.09 bits per heavy atom. The summed E-state index contributed by atoms with van der Waals surface area (Å²) in [5, 5.41) is 0.732. The van der Waals surface area contributed by atoms with E-state index in [1.807, 2.05) is 6.07 Å². The van der Waals surface area contributed by atoms with Crippen molar-refractivity contribution in [1.82, 2.24) is 14.8 Å². The first-order valence-electron chi connectivity index (χ1n) is 11.3. The molecule has 1 aromatic heterocycles. The van der Waals surface area contributed by atoms with Gasteiger partial charge >= 0.3 is 0 Å². The third kappa shape index (κ3) is 8.19. The van der Waals surface area contributed by atoms with Gasteiger partial charge in [-0.25, -0.2) is 4.98 Å². The highest BCUT2D eigenvalue weighted by Gasteiger charge is 2.27. The van der Waals surface area contributed by atoms with Crippen LogP contribution in [0.4, 0.5) is 10.8 Å². The molecular formula is C23H39Cl4N5OS. The summed E-state index contributed by atoms with van der Waals surface area (Å²) >= 11 is 1.69. The number of nitrogens with zero attached hydrogens (tertiary/aromatic N) is 4. The van der Waals surface area contributed by atoms with E-state index in [1.165, 1.54) is 35.6 Å². The van der Waals surface area contributed by atoms with Crippen LogP contribution in [0, 0.1) is 0 Å². The number of ether oxygens (including phenoxy) is 1. The third-order valence-corrected chi connectivity index (χ3v) is 7.41. The zero-order chi connectivity index (χ0) is 20.9. The first-order valence-corrected chi connectivity index (χ1v) is 12.1. The third-order valence-electron chi connectivity index (χ3n) is 6.46. The highest BCUT2D eigenvalue weighted by atomic mass is 35.5. The van der Waals surface area contributed by atoms with Crippen molar-refractivity contribution in [2.75, 3.05) is 63.6 Å². The number of halogens is 4. The quantitative estimate of drug-likeness (QED) is 0.488. The van der Waals surface area contributed by atoms with Crippen LogP contribution in [-0.2, 0) is 12.8 Å². The van der Waals surface area contributed by atoms with Crippen LogP contribution >= 0.6 is 61.0 Å². The molecule has 1 aliphatic carbocycles. The Morgan fingerprint density at radius 3 is 2.47 bits per heavy atom. The number of methoxy groups -OCH3 is 1. The summed E-state index contributed by atoms with van der Waals surface area (Å²) in [5.41, 5.74) is 8.41. The second kappa shape index (κ2) is 16.1. The van der Waals surface area contributed by atoms with Gasteiger partial charge in [0, 0.05) is 50.2 Å². The molecule has 2 aromatic rings. The summed E-state index contributed by atoms with van der Waals surface area (Å²) in [4.78, 5) is 13.7. The molecule has 0 amide bonds. The van der Waals surface area contributed by atoms with Crippen molar-refractivity contribution in [3.8, 4) is 5.75 Å². The zero-order valence-electron chi connectivity index (χ0n) is 20.0. The van der Waals surface area contributed by atoms with Crippen molar-refractivity contribution >= 4 is 71.8 Å². The molecule has 196 valence electrons. The molecule has 1 aliphatic heterocycles. The van der Waals surface area contributed by atoms with Gasteiger partial charge in [0.2, 0.25) is 0 Å². The maximum absolute atomic E-state index is 5.94. The number of para-hydroxylation sites is 2. The van der Waals surface area contributed by atoms with E-state index in [4.69, 9.17) is 10.5 Å². The number of nitrogens with two attached hydrogens (primary N) is 1. The SMILES string of the molecule is CCCN(CCN1CCN(c2ccccc2OC)CC1)C1CCc2nc(N)sc2C1.Cl.Cl.Cl.Cl. The van der Waals surface area contributed by atoms with Crippen molar-refractivity contribution in [1.29, 1.82) is 0 Å². The smallest absolute Gasteiger partial charge is 0.180 e. The first kappa shape index (κ1) is 33.3. The topological polar surface area (TPSA) is 57.9 Å². The number of benzene rings is 1. The van der Waals surface area contributed by atoms with Gasteiger partial charge in [-0.1, -0.05) is 19.1 Å². The second-order valence-electron chi connectivity index (χ2n) is 8.36. The molecule has 2 aliphatic rings. The molecule has 0 radical (unpaired) electrons. The van der Waals surface area contributed by atoms with Gasteiger partial charge in [0.15, 0.2) is 5.13 Å². The largest absolute Gasteiger partial charge is 0.495 e. The molecule has 11 heteroatoms. The first-order chi connectivity index (χ1) is 14.7. The molecule has 2 N–H and O–H groups in total. The summed E-state index contributed by atoms with van der Waals surface area (Å²) in [6, 6.07) is 8.99. The fourth-order valence-electron chi connectivity index (χ4n) is 4.83. The lowest BCUT2D eigenvalue weighted by Crippen LogP contribution is -2.50. The number of aryl methyl sites for hydroxylation is 1. The molecule has 1 saturated heterocycles. The number of nitrogen functional groups attached to an aromatic ring is 1. The van der Waals surface area contributed by atoms with Gasteiger partial charge in [-0.05, 0) is 44.4 Å². The number of thiazole rings is 1. The Bertz CT molecular complexity index is 835. The molecule has 0 saturated carbocycles. The Balaban J connectivity index is 0.00000272. The molecule has 1 atom stereocenters. The molecule has 0 spiro atoms. The van der Waals surface area contributed by atoms with Crippen LogP contribution in [0.5, 0.6) is 5.75 Å². The minimum absolute atomic E-state index is 0. The zero-order valence-corrected chi connectivity index (χ0v) is 24.1. The van der Waals surface area contributed by atoms with E-state index in [2.05, 4.69) is 44.8 Å². The lowest BCUT2D eigenvalue weighted by molar-refractivity contribution is 0.146. The molecule has 1 aromatic carbocycles. The van der Waals surface area contributed by atoms with Gasteiger partial charge in [0.05, 0.1) is 18.5 Å². The molecule has 34 heavy (non-hydrogen) atoms. The van der Waals surface area contributed by atoms with Gasteiger partial charge < -0.3 is 15.4 Å². The minimum atomic E-state index is 0. The predicted molar refractivity (Wildman–Crippen MR) is 155 cm³/mol. The normalized spacial score (nSPS) is 17.5. The highest BCUT2D eigenvalue weighted by molar-refractivity contribution is 7.15. The van der Waals surface area contributed by atoms with E-state index < -0.39 is 0 Å². The number of fused-ring (bicyclic) bond motifs is 1. The Kier molecular flexibility index (Phi) is 15.8. The van der Waals surface area contributed by atoms with Crippen LogP contribution in [0.15, 0.2) is 24.3 Å². The average molecular weight is 575 g/mol. The number of hydrogen-bond donors (Lipinski definition) is 1. The Labute approximate surface area is 233 Å². The summed E-state index contributed by atoms with van der Waals surface area (Å²) < 4.78 is 5.55. The lowest BCUT2D eigenvalue weighted by Gasteiger charge is -2.39. The Morgan fingerprint density at radius 2 is 1.79 bits per heavy atom. The van der Waals surface area contributed by atoms with Crippen molar-refractivity contribution in [2.24, 2.45) is 0 Å². The lowest BCUT2D eigenvalue weighted by atomic mass is 9.96. The molecule has 1 fully saturated rings. The summed E-state index contributed by atoms with van der Waals surface area (Å²) in [6.45, 7) is 10.1. The van der Waals surface area contributed by atoms with Crippen LogP contribution < -0.4 is 15.4 Å². The van der Waals surface area contributed by atoms with E-state index in [-0.39, 0.29) is 49.6 Å². The van der Waals surface area contributed by atoms with Gasteiger partial charge in [0.1, 0.15) is 5.75 Å². The number of rotatable bonds is 8. The second-order valence-corrected chi connectivity index (χ2v) is 9.47. The van der Waals surface area contributed by atoms with Gasteiger partial charge in [-0.2, -0.15) is 0 Å². The van der Waals surface area contributed by atoms with Crippen LogP contribution in [0.25, 0.3) is 0 Å². The maximum atomic E-state index is 5.94. The van der Waals surface area contributed by atoms with Crippen LogP contribution in [0.3, 0.4) is 0 Å². The van der Waals surface area contributed by atoms with Gasteiger partial charge in [0.25, 0.3) is 0 Å². The van der Waals surface area contributed by atoms with Crippen molar-refractivity contribution in [3.05, 3.63) is 34.8 Å². The number of aromatic nitrogens is 1. The predicted octanol–water partition coefficient (Wildman–Crippen LogP) is 4.81. The van der Waals surface area contributed by atoms with Gasteiger partial charge in [-0.3, -0.25) is 9.80 Å². The minimum Gasteiger partial charge on any atom is -0.495 e. The monoisotopic (exact) mass is 573 g/mol. The maximum Gasteiger partial charge on any atom is 0.180 e. The van der Waals surface area contributed by atoms with Crippen molar-refractivity contribution in [2.45, 2.75) is 38.6 Å². The van der Waals surface area contributed by atoms with E-state index in [0.717, 1.165) is 63.0 Å². The van der Waals surface area contributed by atoms with Crippen LogP contribution in [0.1, 0.15) is 30.3 Å². The molecule has 4 rings (SSSR count). The summed E-state index contributed by atoms with van der Waals surface area (Å²) in [7, 11) is 1.76. The van der Waals surface area contributed by atoms with Gasteiger partial charge in [-0.15, -0.1) is 61.0 Å². The Hall–Kier alpha value is -0.670. The fourth-order valence-corrected chi connectivity index (χ4v) is 5.78. The van der Waals surface area contributed by atoms with E-state index >= 15 is 0 Å². The summed E-state index contributed by atoms with van der Waals surface area (Å²) in [5.74, 6) is 0.973. The number of hydrogen-bond acceptors (Lipinski definition) is 7. The van der Waals surface area contributed by atoms with Crippen molar-refractivity contribution in [3.63, 3.8) is 0 Å². The van der Waals surface area contributed by atoms with Crippen molar-refractivity contribution < 1.29 is 4.74 Å². The molecule has 2 heterocycles. The number of anilines is 2.